The Balaban J connectivity index is 2.33. The molecule has 2 N–H and O–H groups in total. The molecular formula is C9H9BrN4O2S. The number of halogens is 1. The minimum Gasteiger partial charge on any atom is -0.332 e. The van der Waals surface area contributed by atoms with Crippen molar-refractivity contribution in [1.29, 1.82) is 0 Å². The van der Waals surface area contributed by atoms with Crippen LogP contribution < -0.4 is 4.72 Å². The van der Waals surface area contributed by atoms with Crippen molar-refractivity contribution in [3.05, 3.63) is 35.0 Å². The first-order valence-corrected chi connectivity index (χ1v) is 6.91. The number of imidazole rings is 1. The van der Waals surface area contributed by atoms with Crippen LogP contribution in [0.2, 0.25) is 0 Å². The summed E-state index contributed by atoms with van der Waals surface area (Å²) in [6, 6.07) is 3.25. The molecule has 2 aromatic heterocycles. The Morgan fingerprint density at radius 3 is 2.76 bits per heavy atom. The number of hydrogen-bond donors (Lipinski definition) is 2. The number of nitrogens with zero attached hydrogens (tertiary/aromatic N) is 2. The van der Waals surface area contributed by atoms with Crippen molar-refractivity contribution in [3.8, 4) is 0 Å². The third-order valence-corrected chi connectivity index (χ3v) is 3.88. The van der Waals surface area contributed by atoms with Gasteiger partial charge in [-0.3, -0.25) is 4.72 Å². The molecule has 0 saturated heterocycles. The molecule has 0 aliphatic heterocycles. The van der Waals surface area contributed by atoms with E-state index < -0.39 is 10.0 Å². The van der Waals surface area contributed by atoms with Crippen LogP contribution >= 0.6 is 15.9 Å². The van der Waals surface area contributed by atoms with Crippen LogP contribution in [0.15, 0.2) is 34.2 Å². The van der Waals surface area contributed by atoms with E-state index in [0.717, 1.165) is 0 Å². The molecule has 0 fully saturated rings. The van der Waals surface area contributed by atoms with Crippen molar-refractivity contribution in [2.45, 2.75) is 11.9 Å². The molecule has 0 spiro atoms. The van der Waals surface area contributed by atoms with E-state index in [4.69, 9.17) is 0 Å². The highest BCUT2D eigenvalue weighted by atomic mass is 79.9. The maximum absolute atomic E-state index is 11.9. The molecule has 90 valence electrons. The van der Waals surface area contributed by atoms with Crippen LogP contribution in [0.5, 0.6) is 0 Å². The quantitative estimate of drug-likeness (QED) is 0.843. The number of sulfonamides is 1. The minimum absolute atomic E-state index is 0.0192. The fraction of sp³-hybridized carbons (Fsp3) is 0.111. The summed E-state index contributed by atoms with van der Waals surface area (Å²) < 4.78 is 26.7. The Bertz CT molecular complexity index is 638. The number of hydrogen-bond acceptors (Lipinski definition) is 4. The van der Waals surface area contributed by atoms with E-state index in [1.807, 2.05) is 0 Å². The molecule has 17 heavy (non-hydrogen) atoms. The van der Waals surface area contributed by atoms with Crippen molar-refractivity contribution >= 4 is 31.6 Å². The van der Waals surface area contributed by atoms with E-state index in [0.29, 0.717) is 16.1 Å². The van der Waals surface area contributed by atoms with Crippen molar-refractivity contribution in [1.82, 2.24) is 15.0 Å². The second kappa shape index (κ2) is 4.46. The first-order chi connectivity index (χ1) is 7.99. The van der Waals surface area contributed by atoms with Crippen LogP contribution in [0.25, 0.3) is 0 Å². The molecule has 2 aromatic rings. The van der Waals surface area contributed by atoms with Crippen LogP contribution in [0.3, 0.4) is 0 Å². The topological polar surface area (TPSA) is 87.7 Å². The largest absolute Gasteiger partial charge is 0.332 e. The second-order valence-corrected chi connectivity index (χ2v) is 5.68. The van der Waals surface area contributed by atoms with Gasteiger partial charge in [0.05, 0.1) is 11.9 Å². The van der Waals surface area contributed by atoms with Crippen molar-refractivity contribution in [2.75, 3.05) is 4.72 Å². The summed E-state index contributed by atoms with van der Waals surface area (Å²) >= 11 is 3.16. The van der Waals surface area contributed by atoms with Gasteiger partial charge in [0.2, 0.25) is 0 Å². The molecule has 8 heteroatoms. The third-order valence-electron chi connectivity index (χ3n) is 1.97. The highest BCUT2D eigenvalue weighted by molar-refractivity contribution is 9.10. The maximum Gasteiger partial charge on any atom is 0.279 e. The molecular weight excluding hydrogens is 308 g/mol. The molecule has 0 bridgehead atoms. The number of H-pyrrole nitrogens is 1. The lowest BCUT2D eigenvalue weighted by atomic mass is 10.4. The van der Waals surface area contributed by atoms with Gasteiger partial charge in [-0.15, -0.1) is 0 Å². The molecule has 0 saturated carbocycles. The number of nitrogens with one attached hydrogen (secondary N) is 2. The number of anilines is 1. The predicted molar refractivity (Wildman–Crippen MR) is 66.1 cm³/mol. The van der Waals surface area contributed by atoms with Gasteiger partial charge in [0, 0.05) is 6.20 Å². The third kappa shape index (κ3) is 2.64. The Hall–Kier alpha value is -1.41. The summed E-state index contributed by atoms with van der Waals surface area (Å²) in [5.41, 5.74) is 0.375. The molecule has 6 nitrogen and oxygen atoms in total. The molecule has 2 heterocycles. The summed E-state index contributed by atoms with van der Waals surface area (Å²) in [7, 11) is -3.65. The van der Waals surface area contributed by atoms with Crippen molar-refractivity contribution in [3.63, 3.8) is 0 Å². The zero-order valence-corrected chi connectivity index (χ0v) is 11.2. The lowest BCUT2D eigenvalue weighted by Gasteiger charge is -2.06. The SMILES string of the molecule is Cc1ncc(S(=O)(=O)Nc2cccnc2Br)[nH]1. The van der Waals surface area contributed by atoms with Gasteiger partial charge in [-0.25, -0.2) is 9.97 Å². The van der Waals surface area contributed by atoms with Gasteiger partial charge >= 0.3 is 0 Å². The summed E-state index contributed by atoms with van der Waals surface area (Å²) in [5.74, 6) is 0.538. The number of aromatic amines is 1. The summed E-state index contributed by atoms with van der Waals surface area (Å²) in [6.07, 6.45) is 2.82. The van der Waals surface area contributed by atoms with E-state index in [1.54, 1.807) is 25.3 Å². The summed E-state index contributed by atoms with van der Waals surface area (Å²) in [6.45, 7) is 1.68. The van der Waals surface area contributed by atoms with Gasteiger partial charge in [-0.1, -0.05) is 0 Å². The Labute approximate surface area is 107 Å². The zero-order chi connectivity index (χ0) is 12.5. The van der Waals surface area contributed by atoms with Crippen LogP contribution in [0.4, 0.5) is 5.69 Å². The lowest BCUT2D eigenvalue weighted by molar-refractivity contribution is 0.598. The zero-order valence-electron chi connectivity index (χ0n) is 8.81. The summed E-state index contributed by atoms with van der Waals surface area (Å²) in [4.78, 5) is 10.4. The number of rotatable bonds is 3. The maximum atomic E-state index is 11.9. The Morgan fingerprint density at radius 2 is 2.18 bits per heavy atom. The minimum atomic E-state index is -3.65. The van der Waals surface area contributed by atoms with E-state index in [2.05, 4.69) is 35.6 Å². The van der Waals surface area contributed by atoms with E-state index in [9.17, 15) is 8.42 Å². The standard InChI is InChI=1S/C9H9BrN4O2S/c1-6-12-5-8(13-6)17(15,16)14-7-3-2-4-11-9(7)10/h2-5,14H,1H3,(H,12,13). The smallest absolute Gasteiger partial charge is 0.279 e. The highest BCUT2D eigenvalue weighted by Gasteiger charge is 2.17. The monoisotopic (exact) mass is 316 g/mol. The molecule has 0 aliphatic carbocycles. The van der Waals surface area contributed by atoms with E-state index in [1.165, 1.54) is 6.20 Å². The van der Waals surface area contributed by atoms with Crippen LogP contribution in [0.1, 0.15) is 5.82 Å². The van der Waals surface area contributed by atoms with Gasteiger partial charge in [0.15, 0.2) is 5.03 Å². The molecule has 0 amide bonds. The first-order valence-electron chi connectivity index (χ1n) is 4.64. The van der Waals surface area contributed by atoms with E-state index >= 15 is 0 Å². The molecule has 0 aliphatic rings. The van der Waals surface area contributed by atoms with Gasteiger partial charge < -0.3 is 4.98 Å². The van der Waals surface area contributed by atoms with Crippen LogP contribution in [-0.4, -0.2) is 23.4 Å². The number of aryl methyl sites for hydroxylation is 1. The molecule has 0 radical (unpaired) electrons. The van der Waals surface area contributed by atoms with Gasteiger partial charge in [0.1, 0.15) is 10.4 Å². The number of aromatic nitrogens is 3. The lowest BCUT2D eigenvalue weighted by Crippen LogP contribution is -2.14. The fourth-order valence-corrected chi connectivity index (χ4v) is 2.72. The predicted octanol–water partition coefficient (Wildman–Crippen LogP) is 1.68. The average Bonchev–Trinajstić information content (AvgIpc) is 2.69. The molecule has 0 unspecified atom stereocenters. The first kappa shape index (κ1) is 12.1. The average molecular weight is 317 g/mol. The Morgan fingerprint density at radius 1 is 1.41 bits per heavy atom. The molecule has 2 rings (SSSR count). The molecule has 0 atom stereocenters. The van der Waals surface area contributed by atoms with Crippen LogP contribution in [-0.2, 0) is 10.0 Å². The van der Waals surface area contributed by atoms with Gasteiger partial charge in [0.25, 0.3) is 10.0 Å². The second-order valence-electron chi connectivity index (χ2n) is 3.28. The van der Waals surface area contributed by atoms with Gasteiger partial charge in [-0.05, 0) is 35.0 Å². The summed E-state index contributed by atoms with van der Waals surface area (Å²) in [5, 5.41) is 0.0192. The van der Waals surface area contributed by atoms with Gasteiger partial charge in [-0.2, -0.15) is 8.42 Å². The van der Waals surface area contributed by atoms with Crippen molar-refractivity contribution < 1.29 is 8.42 Å². The highest BCUT2D eigenvalue weighted by Crippen LogP contribution is 2.21. The Kier molecular flexibility index (Phi) is 3.16. The normalized spacial score (nSPS) is 11.4. The van der Waals surface area contributed by atoms with E-state index in [-0.39, 0.29) is 5.03 Å². The van der Waals surface area contributed by atoms with Crippen molar-refractivity contribution in [2.24, 2.45) is 0 Å². The fourth-order valence-electron chi connectivity index (χ4n) is 1.20. The number of pyridine rings is 1. The molecule has 0 aromatic carbocycles. The van der Waals surface area contributed by atoms with Crippen LogP contribution in [0, 0.1) is 6.92 Å².